The smallest absolute Gasteiger partial charge is 0.326 e. The Morgan fingerprint density at radius 3 is 2.52 bits per heavy atom. The van der Waals surface area contributed by atoms with Gasteiger partial charge >= 0.3 is 11.9 Å². The predicted molar refractivity (Wildman–Crippen MR) is 75.6 cm³/mol. The molecule has 1 saturated heterocycles. The summed E-state index contributed by atoms with van der Waals surface area (Å²) >= 11 is 0. The molecule has 0 aliphatic carbocycles. The van der Waals surface area contributed by atoms with Crippen molar-refractivity contribution in [3.05, 3.63) is 0 Å². The van der Waals surface area contributed by atoms with Gasteiger partial charge in [-0.3, -0.25) is 9.59 Å². The fourth-order valence-corrected chi connectivity index (χ4v) is 2.39. The van der Waals surface area contributed by atoms with Gasteiger partial charge in [0.1, 0.15) is 6.04 Å². The maximum atomic E-state index is 11.8. The Morgan fingerprint density at radius 2 is 1.95 bits per heavy atom. The molecule has 1 aliphatic heterocycles. The molecule has 1 aliphatic rings. The maximum Gasteiger partial charge on any atom is 0.326 e. The van der Waals surface area contributed by atoms with Crippen molar-refractivity contribution in [3.63, 3.8) is 0 Å². The number of nitrogens with one attached hydrogen (secondary N) is 2. The second-order valence-electron chi connectivity index (χ2n) is 5.31. The molecule has 7 nitrogen and oxygen atoms in total. The second-order valence-corrected chi connectivity index (χ2v) is 5.31. The first-order valence-electron chi connectivity index (χ1n) is 7.32. The van der Waals surface area contributed by atoms with E-state index >= 15 is 0 Å². The number of rotatable bonds is 8. The van der Waals surface area contributed by atoms with Crippen LogP contribution in [0.4, 0.5) is 0 Å². The number of carbonyl (C=O) groups excluding carboxylic acids is 2. The quantitative estimate of drug-likeness (QED) is 0.556. The Labute approximate surface area is 124 Å². The standard InChI is InChI=1S/C14H24N2O5/c1-21-13(18)5-3-11(14(19)20)16-12(17)4-2-10-6-8-15-9-7-10/h10-11,15H,2-9H2,1H3,(H,16,17)(H,19,20)/t11-/m0/s1. The molecule has 0 bridgehead atoms. The molecule has 21 heavy (non-hydrogen) atoms. The number of aliphatic carboxylic acids is 1. The molecule has 1 fully saturated rings. The second kappa shape index (κ2) is 9.33. The largest absolute Gasteiger partial charge is 0.480 e. The zero-order chi connectivity index (χ0) is 15.7. The molecule has 0 aromatic carbocycles. The van der Waals surface area contributed by atoms with Crippen LogP contribution in [0, 0.1) is 5.92 Å². The molecule has 1 heterocycles. The van der Waals surface area contributed by atoms with E-state index in [1.165, 1.54) is 7.11 Å². The molecule has 0 spiro atoms. The number of piperidine rings is 1. The van der Waals surface area contributed by atoms with E-state index in [4.69, 9.17) is 5.11 Å². The van der Waals surface area contributed by atoms with Crippen LogP contribution in [-0.4, -0.2) is 49.2 Å². The Hall–Kier alpha value is -1.63. The van der Waals surface area contributed by atoms with E-state index in [0.29, 0.717) is 12.3 Å². The van der Waals surface area contributed by atoms with E-state index in [0.717, 1.165) is 32.4 Å². The van der Waals surface area contributed by atoms with Gasteiger partial charge in [-0.1, -0.05) is 0 Å². The average molecular weight is 300 g/mol. The summed E-state index contributed by atoms with van der Waals surface area (Å²) in [6.45, 7) is 1.95. The summed E-state index contributed by atoms with van der Waals surface area (Å²) in [6, 6.07) is -1.04. The van der Waals surface area contributed by atoms with E-state index in [1.54, 1.807) is 0 Å². The number of carboxylic acids is 1. The normalized spacial score (nSPS) is 17.0. The van der Waals surface area contributed by atoms with E-state index in [1.807, 2.05) is 0 Å². The van der Waals surface area contributed by atoms with Gasteiger partial charge in [0.05, 0.1) is 7.11 Å². The third-order valence-corrected chi connectivity index (χ3v) is 3.74. The van der Waals surface area contributed by atoms with Crippen molar-refractivity contribution >= 4 is 17.8 Å². The van der Waals surface area contributed by atoms with Crippen molar-refractivity contribution in [2.75, 3.05) is 20.2 Å². The zero-order valence-electron chi connectivity index (χ0n) is 12.4. The van der Waals surface area contributed by atoms with Crippen LogP contribution in [0.1, 0.15) is 38.5 Å². The van der Waals surface area contributed by atoms with Crippen LogP contribution in [0.3, 0.4) is 0 Å². The highest BCUT2D eigenvalue weighted by Gasteiger charge is 2.22. The molecule has 1 rings (SSSR count). The monoisotopic (exact) mass is 300 g/mol. The minimum Gasteiger partial charge on any atom is -0.480 e. The number of amides is 1. The minimum absolute atomic E-state index is 0.0258. The number of carbonyl (C=O) groups is 3. The summed E-state index contributed by atoms with van der Waals surface area (Å²) in [5.41, 5.74) is 0. The fourth-order valence-electron chi connectivity index (χ4n) is 2.39. The van der Waals surface area contributed by atoms with Crippen LogP contribution >= 0.6 is 0 Å². The average Bonchev–Trinajstić information content (AvgIpc) is 2.49. The van der Waals surface area contributed by atoms with Gasteiger partial charge in [0, 0.05) is 12.8 Å². The predicted octanol–water partition coefficient (Wildman–Crippen LogP) is 0.289. The number of carboxylic acid groups (broad SMARTS) is 1. The van der Waals surface area contributed by atoms with Crippen LogP contribution in [-0.2, 0) is 19.1 Å². The lowest BCUT2D eigenvalue weighted by molar-refractivity contribution is -0.144. The van der Waals surface area contributed by atoms with Gasteiger partial charge in [-0.05, 0) is 44.7 Å². The van der Waals surface area contributed by atoms with Crippen molar-refractivity contribution in [3.8, 4) is 0 Å². The van der Waals surface area contributed by atoms with Gasteiger partial charge in [-0.2, -0.15) is 0 Å². The fraction of sp³-hybridized carbons (Fsp3) is 0.786. The summed E-state index contributed by atoms with van der Waals surface area (Å²) in [6.07, 6.45) is 3.22. The summed E-state index contributed by atoms with van der Waals surface area (Å²) in [4.78, 5) is 33.9. The molecule has 0 saturated carbocycles. The summed E-state index contributed by atoms with van der Waals surface area (Å²) in [5.74, 6) is -1.36. The van der Waals surface area contributed by atoms with Gasteiger partial charge in [0.15, 0.2) is 0 Å². The SMILES string of the molecule is COC(=O)CC[C@H](NC(=O)CCC1CCNCC1)C(=O)O. The molecule has 0 aromatic heterocycles. The molecule has 120 valence electrons. The highest BCUT2D eigenvalue weighted by atomic mass is 16.5. The number of hydrogen-bond donors (Lipinski definition) is 3. The first-order valence-corrected chi connectivity index (χ1v) is 7.32. The van der Waals surface area contributed by atoms with Crippen molar-refractivity contribution in [1.82, 2.24) is 10.6 Å². The summed E-state index contributed by atoms with van der Waals surface area (Å²) in [7, 11) is 1.25. The molecule has 0 radical (unpaired) electrons. The Bertz CT molecular complexity index is 366. The van der Waals surface area contributed by atoms with Crippen LogP contribution < -0.4 is 10.6 Å². The maximum absolute atomic E-state index is 11.8. The molecular formula is C14H24N2O5. The van der Waals surface area contributed by atoms with E-state index in [9.17, 15) is 14.4 Å². The Balaban J connectivity index is 2.30. The summed E-state index contributed by atoms with van der Waals surface area (Å²) < 4.78 is 4.46. The third kappa shape index (κ3) is 7.08. The Morgan fingerprint density at radius 1 is 1.29 bits per heavy atom. The van der Waals surface area contributed by atoms with Crippen LogP contribution in [0.2, 0.25) is 0 Å². The van der Waals surface area contributed by atoms with E-state index in [-0.39, 0.29) is 18.7 Å². The minimum atomic E-state index is -1.13. The molecular weight excluding hydrogens is 276 g/mol. The van der Waals surface area contributed by atoms with Crippen LogP contribution in [0.15, 0.2) is 0 Å². The Kier molecular flexibility index (Phi) is 7.74. The van der Waals surface area contributed by atoms with Crippen molar-refractivity contribution in [1.29, 1.82) is 0 Å². The molecule has 7 heteroatoms. The third-order valence-electron chi connectivity index (χ3n) is 3.74. The molecule has 0 unspecified atom stereocenters. The lowest BCUT2D eigenvalue weighted by Gasteiger charge is -2.22. The van der Waals surface area contributed by atoms with Crippen LogP contribution in [0.25, 0.3) is 0 Å². The highest BCUT2D eigenvalue weighted by Crippen LogP contribution is 2.17. The van der Waals surface area contributed by atoms with Gasteiger partial charge in [-0.25, -0.2) is 4.79 Å². The topological polar surface area (TPSA) is 105 Å². The van der Waals surface area contributed by atoms with Gasteiger partial charge in [0.25, 0.3) is 0 Å². The lowest BCUT2D eigenvalue weighted by Crippen LogP contribution is -2.41. The summed E-state index contributed by atoms with van der Waals surface area (Å²) in [5, 5.41) is 14.8. The lowest BCUT2D eigenvalue weighted by atomic mass is 9.93. The first-order chi connectivity index (χ1) is 10.0. The van der Waals surface area contributed by atoms with Gasteiger partial charge < -0.3 is 20.5 Å². The molecule has 0 aromatic rings. The number of methoxy groups -OCH3 is 1. The van der Waals surface area contributed by atoms with Gasteiger partial charge in [0.2, 0.25) is 5.91 Å². The zero-order valence-corrected chi connectivity index (χ0v) is 12.4. The van der Waals surface area contributed by atoms with E-state index < -0.39 is 18.0 Å². The molecule has 1 amide bonds. The molecule has 3 N–H and O–H groups in total. The van der Waals surface area contributed by atoms with Crippen molar-refractivity contribution < 1.29 is 24.2 Å². The van der Waals surface area contributed by atoms with Gasteiger partial charge in [-0.15, -0.1) is 0 Å². The van der Waals surface area contributed by atoms with Crippen molar-refractivity contribution in [2.45, 2.75) is 44.6 Å². The number of ether oxygens (including phenoxy) is 1. The molecule has 1 atom stereocenters. The number of esters is 1. The van der Waals surface area contributed by atoms with Crippen LogP contribution in [0.5, 0.6) is 0 Å². The van der Waals surface area contributed by atoms with E-state index in [2.05, 4.69) is 15.4 Å². The number of hydrogen-bond acceptors (Lipinski definition) is 5. The highest BCUT2D eigenvalue weighted by molar-refractivity contribution is 5.84. The van der Waals surface area contributed by atoms with Crippen molar-refractivity contribution in [2.24, 2.45) is 5.92 Å². The first kappa shape index (κ1) is 17.4.